The third-order valence-electron chi connectivity index (χ3n) is 4.76. The van der Waals surface area contributed by atoms with Crippen molar-refractivity contribution in [3.63, 3.8) is 0 Å². The molecule has 1 saturated heterocycles. The van der Waals surface area contributed by atoms with E-state index in [2.05, 4.69) is 15.3 Å². The van der Waals surface area contributed by atoms with E-state index in [0.717, 1.165) is 18.3 Å². The summed E-state index contributed by atoms with van der Waals surface area (Å²) >= 11 is 0. The second-order valence-electron chi connectivity index (χ2n) is 5.99. The molecule has 2 aromatic rings. The van der Waals surface area contributed by atoms with E-state index in [0.29, 0.717) is 17.5 Å². The van der Waals surface area contributed by atoms with Crippen molar-refractivity contribution in [3.8, 4) is 0 Å². The molecule has 0 spiro atoms. The molecule has 0 amide bonds. The van der Waals surface area contributed by atoms with Crippen molar-refractivity contribution in [1.29, 1.82) is 0 Å². The molecule has 1 aliphatic heterocycles. The predicted octanol–water partition coefficient (Wildman–Crippen LogP) is 3.43. The van der Waals surface area contributed by atoms with Gasteiger partial charge in [0.05, 0.1) is 11.6 Å². The number of rotatable bonds is 1. The standard InChI is InChI=1S/C15H17F2N3/c16-9-5-6-11-14(13(9)17)20-15(19-11)12-7-8-3-1-2-4-10(8)18-12/h5-6,8,10,12,18H,1-4,7H2,(H,19,20). The van der Waals surface area contributed by atoms with Gasteiger partial charge in [-0.15, -0.1) is 0 Å². The first-order valence-corrected chi connectivity index (χ1v) is 7.32. The van der Waals surface area contributed by atoms with Gasteiger partial charge < -0.3 is 10.3 Å². The maximum atomic E-state index is 13.7. The van der Waals surface area contributed by atoms with E-state index in [1.807, 2.05) is 0 Å². The molecule has 4 rings (SSSR count). The van der Waals surface area contributed by atoms with Gasteiger partial charge in [-0.05, 0) is 37.3 Å². The summed E-state index contributed by atoms with van der Waals surface area (Å²) in [6.45, 7) is 0. The van der Waals surface area contributed by atoms with Crippen molar-refractivity contribution >= 4 is 11.0 Å². The van der Waals surface area contributed by atoms with Gasteiger partial charge in [0.15, 0.2) is 11.6 Å². The number of hydrogen-bond acceptors (Lipinski definition) is 2. The first-order chi connectivity index (χ1) is 9.72. The van der Waals surface area contributed by atoms with E-state index in [1.165, 1.54) is 25.7 Å². The lowest BCUT2D eigenvalue weighted by Crippen LogP contribution is -2.30. The van der Waals surface area contributed by atoms with Crippen LogP contribution in [0.4, 0.5) is 8.78 Å². The number of aromatic amines is 1. The van der Waals surface area contributed by atoms with Crippen molar-refractivity contribution in [2.45, 2.75) is 44.2 Å². The third-order valence-corrected chi connectivity index (χ3v) is 4.76. The van der Waals surface area contributed by atoms with Crippen molar-refractivity contribution in [3.05, 3.63) is 29.6 Å². The van der Waals surface area contributed by atoms with Crippen LogP contribution in [0.2, 0.25) is 0 Å². The van der Waals surface area contributed by atoms with E-state index in [4.69, 9.17) is 0 Å². The zero-order valence-electron chi connectivity index (χ0n) is 11.1. The lowest BCUT2D eigenvalue weighted by Gasteiger charge is -2.24. The molecular formula is C15H17F2N3. The Kier molecular flexibility index (Phi) is 2.77. The molecule has 1 aromatic carbocycles. The highest BCUT2D eigenvalue weighted by Crippen LogP contribution is 2.38. The molecule has 106 valence electrons. The molecule has 1 saturated carbocycles. The number of imidazole rings is 1. The fraction of sp³-hybridized carbons (Fsp3) is 0.533. The van der Waals surface area contributed by atoms with E-state index >= 15 is 0 Å². The highest BCUT2D eigenvalue weighted by Gasteiger charge is 2.37. The number of hydrogen-bond donors (Lipinski definition) is 2. The maximum absolute atomic E-state index is 13.7. The molecular weight excluding hydrogens is 260 g/mol. The lowest BCUT2D eigenvalue weighted by molar-refractivity contribution is 0.325. The van der Waals surface area contributed by atoms with Crippen LogP contribution in [-0.2, 0) is 0 Å². The monoisotopic (exact) mass is 277 g/mol. The minimum Gasteiger partial charge on any atom is -0.341 e. The second-order valence-corrected chi connectivity index (χ2v) is 5.99. The van der Waals surface area contributed by atoms with Gasteiger partial charge in [0.25, 0.3) is 0 Å². The maximum Gasteiger partial charge on any atom is 0.186 e. The first-order valence-electron chi connectivity index (χ1n) is 7.32. The normalized spacial score (nSPS) is 29.8. The van der Waals surface area contributed by atoms with E-state index < -0.39 is 11.6 Å². The Balaban J connectivity index is 1.67. The summed E-state index contributed by atoms with van der Waals surface area (Å²) < 4.78 is 26.9. The number of nitrogens with zero attached hydrogens (tertiary/aromatic N) is 1. The van der Waals surface area contributed by atoms with E-state index in [1.54, 1.807) is 6.07 Å². The van der Waals surface area contributed by atoms with Crippen LogP contribution >= 0.6 is 0 Å². The minimum absolute atomic E-state index is 0.108. The molecule has 2 aliphatic rings. The molecule has 3 nitrogen and oxygen atoms in total. The lowest BCUT2D eigenvalue weighted by atomic mass is 9.85. The summed E-state index contributed by atoms with van der Waals surface area (Å²) in [6.07, 6.45) is 6.09. The summed E-state index contributed by atoms with van der Waals surface area (Å²) in [6, 6.07) is 3.38. The minimum atomic E-state index is -0.861. The van der Waals surface area contributed by atoms with Crippen LogP contribution in [0, 0.1) is 17.6 Å². The Morgan fingerprint density at radius 2 is 2.00 bits per heavy atom. The number of nitrogens with one attached hydrogen (secondary N) is 2. The summed E-state index contributed by atoms with van der Waals surface area (Å²) in [4.78, 5) is 7.41. The molecule has 20 heavy (non-hydrogen) atoms. The summed E-state index contributed by atoms with van der Waals surface area (Å²) in [5, 5.41) is 3.59. The molecule has 3 unspecified atom stereocenters. The first kappa shape index (κ1) is 12.3. The van der Waals surface area contributed by atoms with Gasteiger partial charge in [0, 0.05) is 6.04 Å². The van der Waals surface area contributed by atoms with E-state index in [9.17, 15) is 8.78 Å². The molecule has 2 N–H and O–H groups in total. The van der Waals surface area contributed by atoms with Crippen molar-refractivity contribution < 1.29 is 8.78 Å². The number of halogens is 2. The zero-order valence-corrected chi connectivity index (χ0v) is 11.1. The summed E-state index contributed by atoms with van der Waals surface area (Å²) in [5.41, 5.74) is 0.673. The molecule has 1 aromatic heterocycles. The molecule has 1 aliphatic carbocycles. The van der Waals surface area contributed by atoms with Gasteiger partial charge in [-0.1, -0.05) is 12.8 Å². The summed E-state index contributed by atoms with van der Waals surface area (Å²) in [5.74, 6) is -0.272. The fourth-order valence-electron chi connectivity index (χ4n) is 3.73. The highest BCUT2D eigenvalue weighted by atomic mass is 19.2. The van der Waals surface area contributed by atoms with Crippen molar-refractivity contribution in [2.24, 2.45) is 5.92 Å². The van der Waals surface area contributed by atoms with Gasteiger partial charge in [-0.3, -0.25) is 0 Å². The Bertz CT molecular complexity index is 638. The Labute approximate surface area is 115 Å². The van der Waals surface area contributed by atoms with Crippen molar-refractivity contribution in [2.75, 3.05) is 0 Å². The van der Waals surface area contributed by atoms with Crippen LogP contribution in [0.1, 0.15) is 44.0 Å². The number of aromatic nitrogens is 2. The highest BCUT2D eigenvalue weighted by molar-refractivity contribution is 5.75. The Hall–Kier alpha value is -1.49. The second kappa shape index (κ2) is 4.52. The van der Waals surface area contributed by atoms with Gasteiger partial charge in [0.2, 0.25) is 0 Å². The average molecular weight is 277 g/mol. The predicted molar refractivity (Wildman–Crippen MR) is 72.2 cm³/mol. The summed E-state index contributed by atoms with van der Waals surface area (Å²) in [7, 11) is 0. The molecule has 0 bridgehead atoms. The zero-order chi connectivity index (χ0) is 13.7. The largest absolute Gasteiger partial charge is 0.341 e. The Morgan fingerprint density at radius 1 is 1.15 bits per heavy atom. The van der Waals surface area contributed by atoms with Gasteiger partial charge >= 0.3 is 0 Å². The van der Waals surface area contributed by atoms with Crippen LogP contribution in [-0.4, -0.2) is 16.0 Å². The SMILES string of the molecule is Fc1ccc2[nH]c(C3CC4CCCCC4N3)nc2c1F. The molecule has 5 heteroatoms. The number of fused-ring (bicyclic) bond motifs is 2. The van der Waals surface area contributed by atoms with Crippen LogP contribution in [0.5, 0.6) is 0 Å². The molecule has 2 heterocycles. The van der Waals surface area contributed by atoms with Gasteiger partial charge in [0.1, 0.15) is 11.3 Å². The quantitative estimate of drug-likeness (QED) is 0.838. The number of H-pyrrole nitrogens is 1. The van der Waals surface area contributed by atoms with Crippen LogP contribution in [0.15, 0.2) is 12.1 Å². The fourth-order valence-corrected chi connectivity index (χ4v) is 3.73. The van der Waals surface area contributed by atoms with Crippen LogP contribution < -0.4 is 5.32 Å². The third kappa shape index (κ3) is 1.84. The van der Waals surface area contributed by atoms with Crippen molar-refractivity contribution in [1.82, 2.24) is 15.3 Å². The van der Waals surface area contributed by atoms with Crippen LogP contribution in [0.25, 0.3) is 11.0 Å². The average Bonchev–Trinajstić information content (AvgIpc) is 3.06. The van der Waals surface area contributed by atoms with E-state index in [-0.39, 0.29) is 11.6 Å². The molecule has 3 atom stereocenters. The van der Waals surface area contributed by atoms with Crippen LogP contribution in [0.3, 0.4) is 0 Å². The number of benzene rings is 1. The topological polar surface area (TPSA) is 40.7 Å². The Morgan fingerprint density at radius 3 is 2.85 bits per heavy atom. The van der Waals surface area contributed by atoms with Gasteiger partial charge in [-0.25, -0.2) is 13.8 Å². The van der Waals surface area contributed by atoms with Gasteiger partial charge in [-0.2, -0.15) is 0 Å². The molecule has 0 radical (unpaired) electrons. The smallest absolute Gasteiger partial charge is 0.186 e. The molecule has 2 fully saturated rings.